The summed E-state index contributed by atoms with van der Waals surface area (Å²) in [5.41, 5.74) is 1.11. The highest BCUT2D eigenvalue weighted by Crippen LogP contribution is 2.40. The van der Waals surface area contributed by atoms with E-state index in [9.17, 15) is 4.79 Å². The molecule has 0 amide bonds. The number of nitrogens with zero attached hydrogens (tertiary/aromatic N) is 1. The second-order valence-electron chi connectivity index (χ2n) is 5.54. The van der Waals surface area contributed by atoms with Gasteiger partial charge in [0.15, 0.2) is 5.75 Å². The van der Waals surface area contributed by atoms with Gasteiger partial charge in [-0.1, -0.05) is 23.2 Å². The molecule has 0 aliphatic heterocycles. The lowest BCUT2D eigenvalue weighted by molar-refractivity contribution is 0.314. The minimum atomic E-state index is -0.682. The van der Waals surface area contributed by atoms with Crippen LogP contribution in [0.5, 0.6) is 5.75 Å². The van der Waals surface area contributed by atoms with E-state index in [1.54, 1.807) is 36.7 Å². The largest absolute Gasteiger partial charge is 0.460 e. The van der Waals surface area contributed by atoms with Crippen LogP contribution in [0, 0.1) is 6.92 Å². The van der Waals surface area contributed by atoms with Crippen LogP contribution in [-0.4, -0.2) is 17.3 Å². The van der Waals surface area contributed by atoms with Crippen LogP contribution in [0.15, 0.2) is 51.9 Å². The van der Waals surface area contributed by atoms with Gasteiger partial charge in [0.1, 0.15) is 11.3 Å². The molecule has 138 valence electrons. The zero-order valence-electron chi connectivity index (χ0n) is 14.3. The van der Waals surface area contributed by atoms with Crippen molar-refractivity contribution in [2.24, 2.45) is 0 Å². The Morgan fingerprint density at radius 2 is 1.89 bits per heavy atom. The smallest absolute Gasteiger partial charge is 0.357 e. The topological polar surface area (TPSA) is 61.6 Å². The number of hydrogen-bond donors (Lipinski definition) is 0. The summed E-state index contributed by atoms with van der Waals surface area (Å²) in [6.45, 7) is 1.84. The van der Waals surface area contributed by atoms with Gasteiger partial charge in [0.2, 0.25) is 0 Å². The summed E-state index contributed by atoms with van der Waals surface area (Å²) in [6.07, 6.45) is 3.17. The molecule has 0 saturated carbocycles. The van der Waals surface area contributed by atoms with E-state index in [2.05, 4.69) is 4.98 Å². The van der Waals surface area contributed by atoms with Crippen molar-refractivity contribution >= 4 is 40.7 Å². The molecular formula is C19H13Cl2NO4S. The van der Waals surface area contributed by atoms with Gasteiger partial charge in [-0.3, -0.25) is 4.98 Å². The number of aryl methyl sites for hydroxylation is 1. The maximum absolute atomic E-state index is 12.8. The second kappa shape index (κ2) is 8.08. The van der Waals surface area contributed by atoms with Gasteiger partial charge >= 0.3 is 10.9 Å². The number of methoxy groups -OCH3 is 1. The number of rotatable bonds is 3. The van der Waals surface area contributed by atoms with Crippen molar-refractivity contribution < 1.29 is 13.9 Å². The van der Waals surface area contributed by atoms with Gasteiger partial charge in [-0.2, -0.15) is 0 Å². The van der Waals surface area contributed by atoms with Gasteiger partial charge < -0.3 is 13.9 Å². The summed E-state index contributed by atoms with van der Waals surface area (Å²) in [5.74, 6) is 0.370. The van der Waals surface area contributed by atoms with Crippen molar-refractivity contribution in [1.29, 1.82) is 0 Å². The normalized spacial score (nSPS) is 10.5. The van der Waals surface area contributed by atoms with Gasteiger partial charge in [-0.15, -0.1) is 0 Å². The van der Waals surface area contributed by atoms with Crippen LogP contribution < -0.4 is 10.4 Å². The van der Waals surface area contributed by atoms with Gasteiger partial charge in [-0.05, 0) is 36.8 Å². The molecule has 0 aliphatic rings. The Bertz CT molecular complexity index is 1040. The lowest BCUT2D eigenvalue weighted by Gasteiger charge is -2.14. The zero-order valence-corrected chi connectivity index (χ0v) is 16.6. The third-order valence-electron chi connectivity index (χ3n) is 3.66. The molecule has 3 rings (SSSR count). The quantitative estimate of drug-likeness (QED) is 0.535. The third kappa shape index (κ3) is 4.13. The highest BCUT2D eigenvalue weighted by molar-refractivity contribution is 7.79. The lowest BCUT2D eigenvalue weighted by Crippen LogP contribution is -2.13. The van der Waals surface area contributed by atoms with Crippen LogP contribution in [0.25, 0.3) is 22.5 Å². The van der Waals surface area contributed by atoms with Gasteiger partial charge in [0, 0.05) is 41.8 Å². The van der Waals surface area contributed by atoms with Crippen molar-refractivity contribution in [2.75, 3.05) is 7.11 Å². The molecule has 3 aromatic rings. The van der Waals surface area contributed by atoms with Crippen LogP contribution in [0.1, 0.15) is 5.56 Å². The summed E-state index contributed by atoms with van der Waals surface area (Å²) in [6, 6.07) is 8.36. The van der Waals surface area contributed by atoms with Gasteiger partial charge in [0.05, 0.1) is 17.2 Å². The highest BCUT2D eigenvalue weighted by atomic mass is 35.5. The molecule has 0 radical (unpaired) electrons. The minimum Gasteiger partial charge on any atom is -0.460 e. The summed E-state index contributed by atoms with van der Waals surface area (Å²) < 4.78 is 15.9. The van der Waals surface area contributed by atoms with Crippen molar-refractivity contribution in [3.05, 3.63) is 68.8 Å². The van der Waals surface area contributed by atoms with Crippen LogP contribution in [-0.2, 0) is 4.74 Å². The van der Waals surface area contributed by atoms with Crippen LogP contribution >= 0.6 is 35.4 Å². The van der Waals surface area contributed by atoms with Crippen LogP contribution in [0.3, 0.4) is 0 Å². The maximum Gasteiger partial charge on any atom is 0.357 e. The van der Waals surface area contributed by atoms with E-state index in [-0.39, 0.29) is 32.4 Å². The van der Waals surface area contributed by atoms with Gasteiger partial charge in [-0.25, -0.2) is 4.79 Å². The molecule has 2 aromatic heterocycles. The molecule has 0 atom stereocenters. The summed E-state index contributed by atoms with van der Waals surface area (Å²) in [4.78, 5) is 16.8. The second-order valence-corrected chi connectivity index (χ2v) is 6.69. The monoisotopic (exact) mass is 421 g/mol. The summed E-state index contributed by atoms with van der Waals surface area (Å²) in [7, 11) is 1.36. The number of benzene rings is 1. The zero-order chi connectivity index (χ0) is 19.6. The average molecular weight is 422 g/mol. The Balaban J connectivity index is 2.28. The van der Waals surface area contributed by atoms with E-state index < -0.39 is 5.63 Å². The Morgan fingerprint density at radius 3 is 2.48 bits per heavy atom. The number of hydrogen-bond acceptors (Lipinski definition) is 6. The van der Waals surface area contributed by atoms with E-state index in [1.807, 2.05) is 6.92 Å². The summed E-state index contributed by atoms with van der Waals surface area (Å²) >= 11 is 17.7. The molecule has 0 N–H and O–H groups in total. The molecule has 1 aromatic carbocycles. The molecule has 0 bridgehead atoms. The SMILES string of the molecule is COC(=S)Oc1cc(-c2cccnc2)oc(=O)c1-c1c(Cl)cc(C)cc1Cl. The Hall–Kier alpha value is -2.41. The van der Waals surface area contributed by atoms with Crippen molar-refractivity contribution in [3.8, 4) is 28.2 Å². The molecule has 0 fully saturated rings. The van der Waals surface area contributed by atoms with E-state index in [0.717, 1.165) is 5.56 Å². The molecule has 0 aliphatic carbocycles. The Morgan fingerprint density at radius 1 is 1.19 bits per heavy atom. The third-order valence-corrected chi connectivity index (χ3v) is 4.50. The fourth-order valence-electron chi connectivity index (χ4n) is 2.50. The van der Waals surface area contributed by atoms with E-state index in [0.29, 0.717) is 11.1 Å². The number of aromatic nitrogens is 1. The van der Waals surface area contributed by atoms with Crippen LogP contribution in [0.4, 0.5) is 0 Å². The standard InChI is InChI=1S/C19H13Cl2NO4S/c1-10-6-12(20)16(13(21)7-10)17-15(26-19(27)24-2)8-14(25-18(17)23)11-4-3-5-22-9-11/h3-9H,1-2H3. The number of pyridine rings is 1. The number of thiocarbonyl (C=S) groups is 1. The molecule has 27 heavy (non-hydrogen) atoms. The van der Waals surface area contributed by atoms with Crippen molar-refractivity contribution in [2.45, 2.75) is 6.92 Å². The Kier molecular flexibility index (Phi) is 5.79. The first kappa shape index (κ1) is 19.4. The highest BCUT2D eigenvalue weighted by Gasteiger charge is 2.22. The fourth-order valence-corrected chi connectivity index (χ4v) is 3.37. The molecule has 0 spiro atoms. The summed E-state index contributed by atoms with van der Waals surface area (Å²) in [5, 5.41) is 0.405. The van der Waals surface area contributed by atoms with E-state index in [1.165, 1.54) is 13.2 Å². The first-order chi connectivity index (χ1) is 12.9. The van der Waals surface area contributed by atoms with E-state index in [4.69, 9.17) is 49.3 Å². The average Bonchev–Trinajstić information content (AvgIpc) is 2.63. The fraction of sp³-hybridized carbons (Fsp3) is 0.105. The van der Waals surface area contributed by atoms with Crippen LogP contribution in [0.2, 0.25) is 10.0 Å². The maximum atomic E-state index is 12.8. The van der Waals surface area contributed by atoms with Gasteiger partial charge in [0.25, 0.3) is 0 Å². The molecule has 0 unspecified atom stereocenters. The number of halogens is 2. The molecular weight excluding hydrogens is 409 g/mol. The Labute approximate surface area is 170 Å². The van der Waals surface area contributed by atoms with Crippen molar-refractivity contribution in [1.82, 2.24) is 4.98 Å². The first-order valence-electron chi connectivity index (χ1n) is 7.71. The predicted octanol–water partition coefficient (Wildman–Crippen LogP) is 5.29. The number of ether oxygens (including phenoxy) is 2. The molecule has 0 saturated heterocycles. The molecule has 5 nitrogen and oxygen atoms in total. The van der Waals surface area contributed by atoms with Crippen molar-refractivity contribution in [3.63, 3.8) is 0 Å². The lowest BCUT2D eigenvalue weighted by atomic mass is 10.0. The molecule has 2 heterocycles. The first-order valence-corrected chi connectivity index (χ1v) is 8.87. The minimum absolute atomic E-state index is 0.0528. The van der Waals surface area contributed by atoms with E-state index >= 15 is 0 Å². The molecule has 8 heteroatoms. The predicted molar refractivity (Wildman–Crippen MR) is 109 cm³/mol.